The van der Waals surface area contributed by atoms with Crippen LogP contribution in [-0.2, 0) is 42.4 Å². The van der Waals surface area contributed by atoms with Crippen molar-refractivity contribution >= 4 is 32.1 Å². The Balaban J connectivity index is 1.75. The first-order valence-corrected chi connectivity index (χ1v) is 17.5. The Morgan fingerprint density at radius 1 is 1.05 bits per heavy atom. The summed E-state index contributed by atoms with van der Waals surface area (Å²) in [5.74, 6) is -2.62. The highest BCUT2D eigenvalue weighted by Gasteiger charge is 2.45. The summed E-state index contributed by atoms with van der Waals surface area (Å²) >= 11 is 0. The second-order valence-electron chi connectivity index (χ2n) is 12.7. The minimum atomic E-state index is -1.33. The zero-order valence-electron chi connectivity index (χ0n) is 26.6. The van der Waals surface area contributed by atoms with E-state index in [1.54, 1.807) is 6.08 Å². The number of imide groups is 1. The predicted molar refractivity (Wildman–Crippen MR) is 163 cm³/mol. The molecule has 1 aliphatic carbocycles. The van der Waals surface area contributed by atoms with E-state index in [0.717, 1.165) is 51.4 Å². The summed E-state index contributed by atoms with van der Waals surface area (Å²) in [6.07, 6.45) is 9.84. The normalized spacial score (nSPS) is 26.6. The molecule has 10 nitrogen and oxygen atoms in total. The molecule has 0 spiro atoms. The first-order chi connectivity index (χ1) is 20.6. The third-order valence-corrected chi connectivity index (χ3v) is 10.6. The van der Waals surface area contributed by atoms with Gasteiger partial charge in [-0.2, -0.15) is 0 Å². The van der Waals surface area contributed by atoms with Gasteiger partial charge in [-0.15, -0.1) is 0 Å². The van der Waals surface area contributed by atoms with Crippen LogP contribution < -0.4 is 5.32 Å². The van der Waals surface area contributed by atoms with Gasteiger partial charge in [-0.25, -0.2) is 9.59 Å². The van der Waals surface area contributed by atoms with E-state index in [2.05, 4.69) is 39.9 Å². The average molecular weight is 626 g/mol. The Hall–Kier alpha value is -1.87. The van der Waals surface area contributed by atoms with Crippen LogP contribution in [0.1, 0.15) is 105 Å². The number of carbonyl (C=O) groups is 4. The highest BCUT2D eigenvalue weighted by Crippen LogP contribution is 2.52. The van der Waals surface area contributed by atoms with Crippen molar-refractivity contribution < 1.29 is 42.4 Å². The second-order valence-corrected chi connectivity index (χ2v) is 14.4. The van der Waals surface area contributed by atoms with Gasteiger partial charge in [0, 0.05) is 12.1 Å². The van der Waals surface area contributed by atoms with Crippen LogP contribution in [0, 0.1) is 17.8 Å². The maximum atomic E-state index is 13.0. The molecule has 43 heavy (non-hydrogen) atoms. The molecule has 244 valence electrons. The third kappa shape index (κ3) is 11.5. The molecular weight excluding hydrogens is 573 g/mol. The summed E-state index contributed by atoms with van der Waals surface area (Å²) in [5, 5.41) is 2.42. The van der Waals surface area contributed by atoms with Crippen molar-refractivity contribution in [2.75, 3.05) is 13.2 Å². The van der Waals surface area contributed by atoms with E-state index in [-0.39, 0.29) is 18.4 Å². The number of hydrogen-bond donors (Lipinski definition) is 1. The van der Waals surface area contributed by atoms with E-state index in [1.165, 1.54) is 6.08 Å². The molecule has 2 amide bonds. The second kappa shape index (κ2) is 18.2. The zero-order valence-corrected chi connectivity index (χ0v) is 27.5. The lowest BCUT2D eigenvalue weighted by Gasteiger charge is -2.32. The third-order valence-electron chi connectivity index (χ3n) is 8.29. The number of nitrogens with one attached hydrogen (secondary N) is 1. The molecular formula is C32H52NO9P. The number of hydrogen-bond acceptors (Lipinski definition) is 9. The number of carbonyl (C=O) groups excluding carboxylic acids is 4. The summed E-state index contributed by atoms with van der Waals surface area (Å²) in [6.45, 7) is 11.1. The van der Waals surface area contributed by atoms with E-state index in [1.807, 2.05) is 0 Å². The van der Waals surface area contributed by atoms with Gasteiger partial charge in [0.1, 0.15) is 18.8 Å². The van der Waals surface area contributed by atoms with Crippen LogP contribution in [-0.4, -0.2) is 67.0 Å². The van der Waals surface area contributed by atoms with Gasteiger partial charge in [0.2, 0.25) is 11.8 Å². The van der Waals surface area contributed by atoms with Crippen LogP contribution in [0.25, 0.3) is 0 Å². The number of allylic oxidation sites excluding steroid dienone is 1. The lowest BCUT2D eigenvalue weighted by Crippen LogP contribution is -2.41. The minimum absolute atomic E-state index is 0.184. The molecule has 0 bridgehead atoms. The maximum absolute atomic E-state index is 13.0. The molecule has 2 fully saturated rings. The Kier molecular flexibility index (Phi) is 15.1. The van der Waals surface area contributed by atoms with Crippen molar-refractivity contribution in [3.8, 4) is 0 Å². The number of ether oxygens (including phenoxy) is 3. The number of esters is 2. The summed E-state index contributed by atoms with van der Waals surface area (Å²) < 4.78 is 30.2. The van der Waals surface area contributed by atoms with Crippen molar-refractivity contribution in [3.05, 3.63) is 12.2 Å². The zero-order chi connectivity index (χ0) is 31.4. The van der Waals surface area contributed by atoms with E-state index in [9.17, 15) is 19.2 Å². The van der Waals surface area contributed by atoms with Crippen molar-refractivity contribution in [2.24, 2.45) is 17.8 Å². The fourth-order valence-corrected chi connectivity index (χ4v) is 7.88. The molecule has 0 aromatic rings. The van der Waals surface area contributed by atoms with Crippen molar-refractivity contribution in [2.45, 2.75) is 135 Å². The lowest BCUT2D eigenvalue weighted by molar-refractivity contribution is -0.174. The van der Waals surface area contributed by atoms with Gasteiger partial charge in [-0.1, -0.05) is 53.5 Å². The largest absolute Gasteiger partial charge is 0.454 e. The van der Waals surface area contributed by atoms with Gasteiger partial charge < -0.3 is 23.3 Å². The highest BCUT2D eigenvalue weighted by molar-refractivity contribution is 7.48. The molecule has 3 rings (SSSR count). The van der Waals surface area contributed by atoms with Gasteiger partial charge in [-0.3, -0.25) is 14.9 Å². The van der Waals surface area contributed by atoms with E-state index in [4.69, 9.17) is 23.3 Å². The molecule has 2 aliphatic heterocycles. The Morgan fingerprint density at radius 2 is 1.79 bits per heavy atom. The smallest absolute Gasteiger partial charge is 0.417 e. The maximum Gasteiger partial charge on any atom is 0.417 e. The van der Waals surface area contributed by atoms with Crippen LogP contribution in [0.5, 0.6) is 0 Å². The lowest BCUT2D eigenvalue weighted by atomic mass is 9.92. The molecule has 11 heteroatoms. The first kappa shape index (κ1) is 35.6. The molecule has 1 saturated heterocycles. The van der Waals surface area contributed by atoms with Gasteiger partial charge in [0.15, 0.2) is 8.38 Å². The molecule has 2 heterocycles. The fourth-order valence-electron chi connectivity index (χ4n) is 5.78. The summed E-state index contributed by atoms with van der Waals surface area (Å²) in [6, 6.07) is 0. The topological polar surface area (TPSA) is 126 Å². The quantitative estimate of drug-likeness (QED) is 0.111. The van der Waals surface area contributed by atoms with Crippen molar-refractivity contribution in [1.82, 2.24) is 5.32 Å². The Morgan fingerprint density at radius 3 is 2.47 bits per heavy atom. The molecule has 0 aromatic heterocycles. The van der Waals surface area contributed by atoms with E-state index in [0.29, 0.717) is 37.7 Å². The fraction of sp³-hybridized carbons (Fsp3) is 0.812. The number of amides is 2. The first-order valence-electron chi connectivity index (χ1n) is 16.2. The van der Waals surface area contributed by atoms with Crippen LogP contribution in [0.4, 0.5) is 0 Å². The monoisotopic (exact) mass is 625 g/mol. The summed E-state index contributed by atoms with van der Waals surface area (Å²) in [5.41, 5.74) is 0.184. The summed E-state index contributed by atoms with van der Waals surface area (Å²) in [4.78, 5) is 50.1. The van der Waals surface area contributed by atoms with Crippen LogP contribution in [0.3, 0.4) is 0 Å². The van der Waals surface area contributed by atoms with Crippen LogP contribution in [0.15, 0.2) is 12.2 Å². The van der Waals surface area contributed by atoms with Gasteiger partial charge in [-0.05, 0) is 69.3 Å². The van der Waals surface area contributed by atoms with Crippen LogP contribution >= 0.6 is 8.38 Å². The van der Waals surface area contributed by atoms with E-state index < -0.39 is 56.4 Å². The molecule has 1 saturated carbocycles. The van der Waals surface area contributed by atoms with Gasteiger partial charge in [0.25, 0.3) is 0 Å². The standard InChI is InChI=1S/C32H52NO9P/c1-6-18-39-43(28(22(4)5)17-16-21(2)3)42-26-19-25(24-14-10-11-15-29(34)33-30(24)35)41-27(26)20-38-31(36)32(37)40-23-12-8-7-9-13-23/h11,15,21-28H,6-10,12-14,16-20H2,1-5H3,(H,33,34,35)/t24?,25-,26?,27-,28?,43?/m1/s1. The van der Waals surface area contributed by atoms with Gasteiger partial charge in [0.05, 0.1) is 24.7 Å². The number of rotatable bonds is 14. The minimum Gasteiger partial charge on any atom is -0.454 e. The van der Waals surface area contributed by atoms with Crippen LogP contribution in [0.2, 0.25) is 0 Å². The predicted octanol–water partition coefficient (Wildman–Crippen LogP) is 5.76. The highest BCUT2D eigenvalue weighted by atomic mass is 31.2. The molecule has 1 N–H and O–H groups in total. The van der Waals surface area contributed by atoms with Gasteiger partial charge >= 0.3 is 11.9 Å². The molecule has 6 atom stereocenters. The molecule has 3 aliphatic rings. The molecule has 4 unspecified atom stereocenters. The molecule has 0 aromatic carbocycles. The average Bonchev–Trinajstić information content (AvgIpc) is 3.35. The SMILES string of the molecule is CCCOP(OC1C[C@H](C2CCC=CC(=O)NC2=O)O[C@@H]1COC(=O)C(=O)OC1CCCCC1)C(CCC(C)C)C(C)C. The Labute approximate surface area is 258 Å². The summed E-state index contributed by atoms with van der Waals surface area (Å²) in [7, 11) is -1.33. The Bertz CT molecular complexity index is 949. The van der Waals surface area contributed by atoms with Crippen molar-refractivity contribution in [3.63, 3.8) is 0 Å². The van der Waals surface area contributed by atoms with Crippen molar-refractivity contribution in [1.29, 1.82) is 0 Å². The molecule has 0 radical (unpaired) electrons. The van der Waals surface area contributed by atoms with E-state index >= 15 is 0 Å².